The zero-order valence-corrected chi connectivity index (χ0v) is 8.99. The Kier molecular flexibility index (Phi) is 4.35. The van der Waals surface area contributed by atoms with Crippen LogP contribution in [-0.2, 0) is 4.79 Å². The SMILES string of the molecule is CC(C)CC1CNC(=O)CN1CCO. The number of aliphatic hydroxyl groups is 1. The van der Waals surface area contributed by atoms with Crippen LogP contribution in [0.15, 0.2) is 0 Å². The van der Waals surface area contributed by atoms with Crippen LogP contribution in [0, 0.1) is 5.92 Å². The molecule has 0 bridgehead atoms. The van der Waals surface area contributed by atoms with Crippen molar-refractivity contribution in [2.75, 3.05) is 26.2 Å². The van der Waals surface area contributed by atoms with Gasteiger partial charge in [0.2, 0.25) is 5.91 Å². The first-order valence-corrected chi connectivity index (χ1v) is 5.25. The molecule has 82 valence electrons. The van der Waals surface area contributed by atoms with Gasteiger partial charge in [0.15, 0.2) is 0 Å². The van der Waals surface area contributed by atoms with Gasteiger partial charge in [-0.25, -0.2) is 0 Å². The van der Waals surface area contributed by atoms with Crippen LogP contribution in [0.4, 0.5) is 0 Å². The largest absolute Gasteiger partial charge is 0.395 e. The number of amides is 1. The third-order valence-electron chi connectivity index (χ3n) is 2.53. The molecule has 0 radical (unpaired) electrons. The average molecular weight is 200 g/mol. The molecule has 1 atom stereocenters. The summed E-state index contributed by atoms with van der Waals surface area (Å²) in [4.78, 5) is 13.2. The third-order valence-corrected chi connectivity index (χ3v) is 2.53. The highest BCUT2D eigenvalue weighted by Crippen LogP contribution is 2.13. The van der Waals surface area contributed by atoms with Crippen LogP contribution in [0.1, 0.15) is 20.3 Å². The number of nitrogens with zero attached hydrogens (tertiary/aromatic N) is 1. The summed E-state index contributed by atoms with van der Waals surface area (Å²) in [6.45, 7) is 6.22. The highest BCUT2D eigenvalue weighted by atomic mass is 16.3. The van der Waals surface area contributed by atoms with Gasteiger partial charge in [-0.3, -0.25) is 9.69 Å². The standard InChI is InChI=1S/C10H20N2O2/c1-8(2)5-9-6-11-10(14)7-12(9)3-4-13/h8-9,13H,3-7H2,1-2H3,(H,11,14). The molecule has 1 unspecified atom stereocenters. The Hall–Kier alpha value is -0.610. The molecule has 1 aliphatic heterocycles. The number of carbonyl (C=O) groups is 1. The van der Waals surface area contributed by atoms with Crippen LogP contribution in [0.2, 0.25) is 0 Å². The second-order valence-corrected chi connectivity index (χ2v) is 4.28. The average Bonchev–Trinajstić information content (AvgIpc) is 2.09. The van der Waals surface area contributed by atoms with Gasteiger partial charge in [-0.2, -0.15) is 0 Å². The smallest absolute Gasteiger partial charge is 0.234 e. The van der Waals surface area contributed by atoms with Gasteiger partial charge in [0.1, 0.15) is 0 Å². The van der Waals surface area contributed by atoms with Gasteiger partial charge in [0, 0.05) is 19.1 Å². The summed E-state index contributed by atoms with van der Waals surface area (Å²) in [5.74, 6) is 0.689. The number of piperazine rings is 1. The van der Waals surface area contributed by atoms with Crippen molar-refractivity contribution < 1.29 is 9.90 Å². The molecule has 1 rings (SSSR count). The Bertz CT molecular complexity index is 195. The molecule has 0 saturated carbocycles. The van der Waals surface area contributed by atoms with Gasteiger partial charge in [-0.15, -0.1) is 0 Å². The molecule has 14 heavy (non-hydrogen) atoms. The molecule has 0 aromatic carbocycles. The lowest BCUT2D eigenvalue weighted by Crippen LogP contribution is -2.55. The summed E-state index contributed by atoms with van der Waals surface area (Å²) in [7, 11) is 0. The maximum atomic E-state index is 11.1. The van der Waals surface area contributed by atoms with E-state index in [0.29, 0.717) is 25.0 Å². The van der Waals surface area contributed by atoms with Gasteiger partial charge in [0.05, 0.1) is 13.2 Å². The molecular formula is C10H20N2O2. The second-order valence-electron chi connectivity index (χ2n) is 4.28. The van der Waals surface area contributed by atoms with E-state index in [1.165, 1.54) is 0 Å². The van der Waals surface area contributed by atoms with Crippen molar-refractivity contribution in [3.05, 3.63) is 0 Å². The first-order chi connectivity index (χ1) is 6.63. The lowest BCUT2D eigenvalue weighted by atomic mass is 10.0. The molecule has 1 saturated heterocycles. The fraction of sp³-hybridized carbons (Fsp3) is 0.900. The molecule has 0 aliphatic carbocycles. The van der Waals surface area contributed by atoms with Gasteiger partial charge >= 0.3 is 0 Å². The number of hydrogen-bond donors (Lipinski definition) is 2. The fourth-order valence-electron chi connectivity index (χ4n) is 1.90. The quantitative estimate of drug-likeness (QED) is 0.662. The number of rotatable bonds is 4. The molecule has 1 amide bonds. The third kappa shape index (κ3) is 3.27. The number of carbonyl (C=O) groups excluding carboxylic acids is 1. The summed E-state index contributed by atoms with van der Waals surface area (Å²) < 4.78 is 0. The zero-order valence-electron chi connectivity index (χ0n) is 8.99. The Morgan fingerprint density at radius 3 is 2.93 bits per heavy atom. The summed E-state index contributed by atoms with van der Waals surface area (Å²) in [6.07, 6.45) is 1.07. The summed E-state index contributed by atoms with van der Waals surface area (Å²) >= 11 is 0. The van der Waals surface area contributed by atoms with Crippen LogP contribution >= 0.6 is 0 Å². The molecule has 0 aromatic heterocycles. The van der Waals surface area contributed by atoms with E-state index in [-0.39, 0.29) is 12.5 Å². The molecular weight excluding hydrogens is 180 g/mol. The molecule has 1 heterocycles. The zero-order chi connectivity index (χ0) is 10.6. The van der Waals surface area contributed by atoms with Crippen molar-refractivity contribution in [1.82, 2.24) is 10.2 Å². The monoisotopic (exact) mass is 200 g/mol. The predicted octanol–water partition coefficient (Wildman–Crippen LogP) is -0.175. The molecule has 0 spiro atoms. The molecule has 4 nitrogen and oxygen atoms in total. The predicted molar refractivity (Wildman–Crippen MR) is 54.9 cm³/mol. The van der Waals surface area contributed by atoms with Crippen LogP contribution in [-0.4, -0.2) is 48.2 Å². The highest BCUT2D eigenvalue weighted by Gasteiger charge is 2.26. The van der Waals surface area contributed by atoms with Crippen LogP contribution < -0.4 is 5.32 Å². The number of hydrogen-bond acceptors (Lipinski definition) is 3. The Labute approximate surface area is 85.3 Å². The lowest BCUT2D eigenvalue weighted by molar-refractivity contribution is -0.125. The van der Waals surface area contributed by atoms with E-state index in [4.69, 9.17) is 5.11 Å². The van der Waals surface area contributed by atoms with Crippen molar-refractivity contribution >= 4 is 5.91 Å². The van der Waals surface area contributed by atoms with E-state index in [0.717, 1.165) is 13.0 Å². The van der Waals surface area contributed by atoms with Crippen LogP contribution in [0.5, 0.6) is 0 Å². The van der Waals surface area contributed by atoms with Gasteiger partial charge in [-0.05, 0) is 12.3 Å². The van der Waals surface area contributed by atoms with Gasteiger partial charge in [0.25, 0.3) is 0 Å². The van der Waals surface area contributed by atoms with Crippen molar-refractivity contribution in [2.24, 2.45) is 5.92 Å². The second kappa shape index (κ2) is 5.32. The van der Waals surface area contributed by atoms with Gasteiger partial charge in [-0.1, -0.05) is 13.8 Å². The molecule has 1 aliphatic rings. The van der Waals surface area contributed by atoms with Crippen molar-refractivity contribution in [3.8, 4) is 0 Å². The van der Waals surface area contributed by atoms with Gasteiger partial charge < -0.3 is 10.4 Å². The van der Waals surface area contributed by atoms with Crippen molar-refractivity contribution in [1.29, 1.82) is 0 Å². The highest BCUT2D eigenvalue weighted by molar-refractivity contribution is 5.78. The number of nitrogens with one attached hydrogen (secondary N) is 1. The molecule has 1 fully saturated rings. The fourth-order valence-corrected chi connectivity index (χ4v) is 1.90. The number of β-amino-alcohol motifs (C(OH)–C–C–N with tert-alkyl or cyclic N) is 1. The van der Waals surface area contributed by atoms with E-state index in [1.54, 1.807) is 0 Å². The van der Waals surface area contributed by atoms with E-state index in [1.807, 2.05) is 0 Å². The van der Waals surface area contributed by atoms with Crippen LogP contribution in [0.25, 0.3) is 0 Å². The van der Waals surface area contributed by atoms with E-state index >= 15 is 0 Å². The minimum Gasteiger partial charge on any atom is -0.395 e. The Morgan fingerprint density at radius 2 is 2.36 bits per heavy atom. The van der Waals surface area contributed by atoms with E-state index in [9.17, 15) is 4.79 Å². The maximum absolute atomic E-state index is 11.1. The first-order valence-electron chi connectivity index (χ1n) is 5.25. The first kappa shape index (κ1) is 11.5. The minimum absolute atomic E-state index is 0.0680. The Balaban J connectivity index is 2.48. The Morgan fingerprint density at radius 1 is 1.64 bits per heavy atom. The number of aliphatic hydroxyl groups excluding tert-OH is 1. The summed E-state index contributed by atoms with van der Waals surface area (Å²) in [5.41, 5.74) is 0. The van der Waals surface area contributed by atoms with Crippen molar-refractivity contribution in [3.63, 3.8) is 0 Å². The van der Waals surface area contributed by atoms with Crippen LogP contribution in [0.3, 0.4) is 0 Å². The molecule has 2 N–H and O–H groups in total. The van der Waals surface area contributed by atoms with Crippen molar-refractivity contribution in [2.45, 2.75) is 26.3 Å². The van der Waals surface area contributed by atoms with E-state index in [2.05, 4.69) is 24.1 Å². The maximum Gasteiger partial charge on any atom is 0.234 e. The normalized spacial score (nSPS) is 24.0. The topological polar surface area (TPSA) is 52.6 Å². The minimum atomic E-state index is 0.0680. The summed E-state index contributed by atoms with van der Waals surface area (Å²) in [6, 6.07) is 0.389. The summed E-state index contributed by atoms with van der Waals surface area (Å²) in [5, 5.41) is 11.7. The lowest BCUT2D eigenvalue weighted by Gasteiger charge is -2.35. The van der Waals surface area contributed by atoms with E-state index < -0.39 is 0 Å². The molecule has 0 aromatic rings. The molecule has 4 heteroatoms.